The van der Waals surface area contributed by atoms with E-state index in [1.807, 2.05) is 0 Å². The first kappa shape index (κ1) is 11.0. The first-order chi connectivity index (χ1) is 7.35. The lowest BCUT2D eigenvalue weighted by molar-refractivity contribution is 0.121. The fraction of sp³-hybridized carbons (Fsp3) is 0.500. The number of alkyl halides is 1. The van der Waals surface area contributed by atoms with Crippen molar-refractivity contribution in [2.45, 2.75) is 17.9 Å². The van der Waals surface area contributed by atoms with Crippen molar-refractivity contribution in [3.8, 4) is 0 Å². The maximum absolute atomic E-state index is 5.38. The Bertz CT molecular complexity index is 329. The summed E-state index contributed by atoms with van der Waals surface area (Å²) >= 11 is 3.53. The van der Waals surface area contributed by atoms with Crippen LogP contribution in [0.4, 0.5) is 5.69 Å². The average Bonchev–Trinajstić information content (AvgIpc) is 2.77. The van der Waals surface area contributed by atoms with Gasteiger partial charge in [0.1, 0.15) is 0 Å². The van der Waals surface area contributed by atoms with Crippen molar-refractivity contribution >= 4 is 21.6 Å². The number of halogens is 1. The highest BCUT2D eigenvalue weighted by atomic mass is 79.9. The summed E-state index contributed by atoms with van der Waals surface area (Å²) in [7, 11) is 1.80. The number of hydrogen-bond donors (Lipinski definition) is 0. The first-order valence-electron chi connectivity index (χ1n) is 5.26. The van der Waals surface area contributed by atoms with Crippen LogP contribution >= 0.6 is 15.9 Å². The van der Waals surface area contributed by atoms with E-state index in [9.17, 15) is 0 Å². The molecule has 0 saturated carbocycles. The number of benzene rings is 1. The van der Waals surface area contributed by atoms with Crippen molar-refractivity contribution in [2.75, 3.05) is 25.1 Å². The van der Waals surface area contributed by atoms with E-state index >= 15 is 0 Å². The molecule has 1 saturated heterocycles. The van der Waals surface area contributed by atoms with E-state index in [0.717, 1.165) is 24.8 Å². The highest BCUT2D eigenvalue weighted by molar-refractivity contribution is 9.08. The molecule has 1 atom stereocenters. The van der Waals surface area contributed by atoms with E-state index in [0.29, 0.717) is 6.10 Å². The third kappa shape index (κ3) is 2.34. The van der Waals surface area contributed by atoms with Gasteiger partial charge < -0.3 is 9.64 Å². The van der Waals surface area contributed by atoms with Crippen molar-refractivity contribution in [3.63, 3.8) is 0 Å². The zero-order valence-electron chi connectivity index (χ0n) is 8.95. The number of rotatable bonds is 3. The van der Waals surface area contributed by atoms with Crippen LogP contribution in [0.5, 0.6) is 0 Å². The Hall–Kier alpha value is -0.540. The van der Waals surface area contributed by atoms with E-state index in [-0.39, 0.29) is 0 Å². The molecule has 3 heteroatoms. The number of ether oxygens (including phenoxy) is 1. The molecule has 1 aliphatic rings. The molecule has 0 amide bonds. The minimum atomic E-state index is 0.397. The van der Waals surface area contributed by atoms with E-state index in [1.165, 1.54) is 11.3 Å². The van der Waals surface area contributed by atoms with Crippen molar-refractivity contribution in [3.05, 3.63) is 29.8 Å². The SMILES string of the molecule is COC1CCN(c2ccccc2CBr)C1. The molecular weight excluding hydrogens is 254 g/mol. The van der Waals surface area contributed by atoms with Crippen LogP contribution < -0.4 is 4.90 Å². The van der Waals surface area contributed by atoms with Crippen molar-refractivity contribution in [2.24, 2.45) is 0 Å². The summed E-state index contributed by atoms with van der Waals surface area (Å²) in [6, 6.07) is 8.55. The van der Waals surface area contributed by atoms with Gasteiger partial charge in [0.15, 0.2) is 0 Å². The van der Waals surface area contributed by atoms with Gasteiger partial charge in [-0.05, 0) is 18.1 Å². The molecule has 1 heterocycles. The summed E-state index contributed by atoms with van der Waals surface area (Å²) in [6.45, 7) is 2.11. The van der Waals surface area contributed by atoms with Crippen LogP contribution in [0, 0.1) is 0 Å². The Balaban J connectivity index is 2.16. The molecule has 1 unspecified atom stereocenters. The summed E-state index contributed by atoms with van der Waals surface area (Å²) < 4.78 is 5.38. The molecule has 1 aliphatic heterocycles. The predicted octanol–water partition coefficient (Wildman–Crippen LogP) is 2.81. The molecule has 0 bridgehead atoms. The zero-order valence-corrected chi connectivity index (χ0v) is 10.5. The van der Waals surface area contributed by atoms with Crippen LogP contribution in [0.25, 0.3) is 0 Å². The highest BCUT2D eigenvalue weighted by Gasteiger charge is 2.23. The standard InChI is InChI=1S/C12H16BrNO/c1-15-11-6-7-14(9-11)12-5-3-2-4-10(12)8-13/h2-5,11H,6-9H2,1H3. The quantitative estimate of drug-likeness (QED) is 0.783. The average molecular weight is 270 g/mol. The minimum absolute atomic E-state index is 0.397. The number of anilines is 1. The lowest BCUT2D eigenvalue weighted by Crippen LogP contribution is -2.23. The fourth-order valence-electron chi connectivity index (χ4n) is 2.07. The highest BCUT2D eigenvalue weighted by Crippen LogP contribution is 2.26. The van der Waals surface area contributed by atoms with Gasteiger partial charge in [-0.3, -0.25) is 0 Å². The Morgan fingerprint density at radius 3 is 2.93 bits per heavy atom. The molecule has 2 nitrogen and oxygen atoms in total. The molecule has 1 fully saturated rings. The molecular formula is C12H16BrNO. The van der Waals surface area contributed by atoms with Crippen LogP contribution in [0.2, 0.25) is 0 Å². The minimum Gasteiger partial charge on any atom is -0.380 e. The number of methoxy groups -OCH3 is 1. The lowest BCUT2D eigenvalue weighted by Gasteiger charge is -2.21. The molecule has 1 aromatic rings. The molecule has 15 heavy (non-hydrogen) atoms. The van der Waals surface area contributed by atoms with Crippen LogP contribution in [0.1, 0.15) is 12.0 Å². The molecule has 0 N–H and O–H groups in total. The summed E-state index contributed by atoms with van der Waals surface area (Å²) in [5.41, 5.74) is 2.70. The van der Waals surface area contributed by atoms with Crippen LogP contribution in [0.3, 0.4) is 0 Å². The Labute approximate surface area is 99.4 Å². The van der Waals surface area contributed by atoms with E-state index < -0.39 is 0 Å². The van der Waals surface area contributed by atoms with Gasteiger partial charge in [0, 0.05) is 31.2 Å². The monoisotopic (exact) mass is 269 g/mol. The van der Waals surface area contributed by atoms with Crippen LogP contribution in [-0.2, 0) is 10.1 Å². The number of para-hydroxylation sites is 1. The van der Waals surface area contributed by atoms with E-state index in [4.69, 9.17) is 4.74 Å². The van der Waals surface area contributed by atoms with Crippen LogP contribution in [-0.4, -0.2) is 26.3 Å². The second kappa shape index (κ2) is 4.99. The van der Waals surface area contributed by atoms with Gasteiger partial charge in [-0.15, -0.1) is 0 Å². The topological polar surface area (TPSA) is 12.5 Å². The van der Waals surface area contributed by atoms with Gasteiger partial charge in [0.25, 0.3) is 0 Å². The first-order valence-corrected chi connectivity index (χ1v) is 6.39. The lowest BCUT2D eigenvalue weighted by atomic mass is 10.2. The molecule has 0 spiro atoms. The van der Waals surface area contributed by atoms with Gasteiger partial charge in [0.2, 0.25) is 0 Å². The molecule has 2 rings (SSSR count). The number of hydrogen-bond acceptors (Lipinski definition) is 2. The Morgan fingerprint density at radius 1 is 1.47 bits per heavy atom. The smallest absolute Gasteiger partial charge is 0.0762 e. The van der Waals surface area contributed by atoms with Gasteiger partial charge in [-0.25, -0.2) is 0 Å². The maximum atomic E-state index is 5.38. The van der Waals surface area contributed by atoms with Crippen molar-refractivity contribution in [1.82, 2.24) is 0 Å². The van der Waals surface area contributed by atoms with Crippen molar-refractivity contribution in [1.29, 1.82) is 0 Å². The van der Waals surface area contributed by atoms with Crippen LogP contribution in [0.15, 0.2) is 24.3 Å². The molecule has 82 valence electrons. The third-order valence-electron chi connectivity index (χ3n) is 2.95. The zero-order chi connectivity index (χ0) is 10.7. The third-order valence-corrected chi connectivity index (χ3v) is 3.56. The van der Waals surface area contributed by atoms with E-state index in [1.54, 1.807) is 7.11 Å². The Morgan fingerprint density at radius 2 is 2.27 bits per heavy atom. The largest absolute Gasteiger partial charge is 0.380 e. The summed E-state index contributed by atoms with van der Waals surface area (Å²) in [6.07, 6.45) is 1.53. The number of nitrogens with zero attached hydrogens (tertiary/aromatic N) is 1. The summed E-state index contributed by atoms with van der Waals surface area (Å²) in [5, 5.41) is 0.914. The maximum Gasteiger partial charge on any atom is 0.0762 e. The van der Waals surface area contributed by atoms with Gasteiger partial charge in [-0.2, -0.15) is 0 Å². The second-order valence-electron chi connectivity index (χ2n) is 3.85. The van der Waals surface area contributed by atoms with Gasteiger partial charge in [0.05, 0.1) is 6.10 Å². The van der Waals surface area contributed by atoms with Gasteiger partial charge >= 0.3 is 0 Å². The molecule has 0 aromatic heterocycles. The summed E-state index contributed by atoms with van der Waals surface area (Å²) in [5.74, 6) is 0. The van der Waals surface area contributed by atoms with Crippen molar-refractivity contribution < 1.29 is 4.74 Å². The second-order valence-corrected chi connectivity index (χ2v) is 4.42. The fourth-order valence-corrected chi connectivity index (χ4v) is 2.55. The summed E-state index contributed by atoms with van der Waals surface area (Å²) in [4.78, 5) is 2.41. The van der Waals surface area contributed by atoms with E-state index in [2.05, 4.69) is 45.1 Å². The normalized spacial score (nSPS) is 20.9. The Kier molecular flexibility index (Phi) is 3.65. The van der Waals surface area contributed by atoms with Gasteiger partial charge in [-0.1, -0.05) is 34.1 Å². The predicted molar refractivity (Wildman–Crippen MR) is 66.7 cm³/mol. The molecule has 1 aromatic carbocycles. The molecule has 0 aliphatic carbocycles. The molecule has 0 radical (unpaired) electrons.